The van der Waals surface area contributed by atoms with Crippen LogP contribution in [-0.4, -0.2) is 11.2 Å². The second-order valence-electron chi connectivity index (χ2n) is 6.23. The molecule has 1 aromatic heterocycles. The van der Waals surface area contributed by atoms with Crippen molar-refractivity contribution in [3.63, 3.8) is 0 Å². The maximum atomic E-state index is 4.48. The van der Waals surface area contributed by atoms with Crippen molar-refractivity contribution in [2.24, 2.45) is 5.10 Å². The molecule has 3 rings (SSSR count). The Morgan fingerprint density at radius 1 is 1.05 bits per heavy atom. The van der Waals surface area contributed by atoms with E-state index in [1.165, 1.54) is 5.56 Å². The van der Waals surface area contributed by atoms with Crippen LogP contribution in [0, 0.1) is 0 Å². The van der Waals surface area contributed by atoms with E-state index in [2.05, 4.69) is 66.6 Å². The molecule has 0 aliphatic rings. The van der Waals surface area contributed by atoms with Crippen molar-refractivity contribution in [3.8, 4) is 0 Å². The van der Waals surface area contributed by atoms with Crippen LogP contribution in [0.2, 0.25) is 0 Å². The second-order valence-corrected chi connectivity index (χ2v) is 7.26. The Bertz CT molecular complexity index is 762. The Kier molecular flexibility index (Phi) is 3.94. The lowest BCUT2D eigenvalue weighted by Crippen LogP contribution is -2.10. The van der Waals surface area contributed by atoms with Gasteiger partial charge in [-0.1, -0.05) is 68.5 Å². The van der Waals surface area contributed by atoms with Gasteiger partial charge < -0.3 is 0 Å². The van der Waals surface area contributed by atoms with E-state index in [9.17, 15) is 0 Å². The Morgan fingerprint density at radius 3 is 2.45 bits per heavy atom. The number of hydrogen-bond donors (Lipinski definition) is 1. The van der Waals surface area contributed by atoms with Gasteiger partial charge in [-0.05, 0) is 28.7 Å². The lowest BCUT2D eigenvalue weighted by molar-refractivity contribution is 0.590. The van der Waals surface area contributed by atoms with Gasteiger partial charge in [0.15, 0.2) is 0 Å². The van der Waals surface area contributed by atoms with Crippen LogP contribution >= 0.6 is 11.3 Å². The van der Waals surface area contributed by atoms with Gasteiger partial charge in [0.2, 0.25) is 5.13 Å². The van der Waals surface area contributed by atoms with Crippen molar-refractivity contribution in [2.75, 3.05) is 5.43 Å². The number of rotatable bonds is 3. The summed E-state index contributed by atoms with van der Waals surface area (Å²) in [5, 5.41) is 5.08. The Labute approximate surface area is 134 Å². The third kappa shape index (κ3) is 3.34. The van der Waals surface area contributed by atoms with Crippen LogP contribution in [0.15, 0.2) is 53.6 Å². The fraction of sp³-hybridized carbons (Fsp3) is 0.222. The van der Waals surface area contributed by atoms with Crippen LogP contribution in [0.25, 0.3) is 10.2 Å². The normalized spacial score (nSPS) is 12.1. The molecule has 4 heteroatoms. The quantitative estimate of drug-likeness (QED) is 0.543. The van der Waals surface area contributed by atoms with E-state index < -0.39 is 0 Å². The zero-order chi connectivity index (χ0) is 15.6. The fourth-order valence-electron chi connectivity index (χ4n) is 2.15. The number of nitrogens with one attached hydrogen (secondary N) is 1. The largest absolute Gasteiger partial charge is 0.253 e. The molecule has 0 aliphatic heterocycles. The number of benzene rings is 2. The van der Waals surface area contributed by atoms with Crippen molar-refractivity contribution in [2.45, 2.75) is 26.2 Å². The van der Waals surface area contributed by atoms with Crippen molar-refractivity contribution >= 4 is 32.9 Å². The molecule has 0 bridgehead atoms. The molecule has 0 saturated carbocycles. The van der Waals surface area contributed by atoms with Gasteiger partial charge in [-0.15, -0.1) is 0 Å². The van der Waals surface area contributed by atoms with Crippen LogP contribution in [0.5, 0.6) is 0 Å². The highest BCUT2D eigenvalue weighted by Crippen LogP contribution is 2.25. The average Bonchev–Trinajstić information content (AvgIpc) is 2.89. The number of hydrazone groups is 1. The molecule has 0 atom stereocenters. The number of aromatic nitrogens is 1. The van der Waals surface area contributed by atoms with Gasteiger partial charge in [0.1, 0.15) is 0 Å². The molecule has 3 nitrogen and oxygen atoms in total. The Balaban J connectivity index is 1.69. The van der Waals surface area contributed by atoms with Crippen molar-refractivity contribution < 1.29 is 0 Å². The number of fused-ring (bicyclic) bond motifs is 1. The van der Waals surface area contributed by atoms with E-state index in [4.69, 9.17) is 0 Å². The lowest BCUT2D eigenvalue weighted by atomic mass is 9.87. The molecule has 0 fully saturated rings. The van der Waals surface area contributed by atoms with Gasteiger partial charge in [-0.25, -0.2) is 4.98 Å². The van der Waals surface area contributed by atoms with Crippen LogP contribution in [-0.2, 0) is 5.41 Å². The summed E-state index contributed by atoms with van der Waals surface area (Å²) in [7, 11) is 0. The first kappa shape index (κ1) is 14.7. The van der Waals surface area contributed by atoms with Crippen LogP contribution < -0.4 is 5.43 Å². The first-order valence-electron chi connectivity index (χ1n) is 7.27. The average molecular weight is 309 g/mol. The standard InChI is InChI=1S/C18H19N3S/c1-18(2,3)14-10-8-13(9-11-14)12-19-21-17-20-15-6-4-5-7-16(15)22-17/h4-12H,1-3H3,(H,20,21). The third-order valence-electron chi connectivity index (χ3n) is 3.44. The summed E-state index contributed by atoms with van der Waals surface area (Å²) in [4.78, 5) is 4.48. The number of para-hydroxylation sites is 1. The number of thiazole rings is 1. The molecule has 0 unspecified atom stereocenters. The van der Waals surface area contributed by atoms with Gasteiger partial charge in [-0.3, -0.25) is 5.43 Å². The third-order valence-corrected chi connectivity index (χ3v) is 4.39. The summed E-state index contributed by atoms with van der Waals surface area (Å²) >= 11 is 1.60. The highest BCUT2D eigenvalue weighted by molar-refractivity contribution is 7.22. The molecule has 0 amide bonds. The predicted molar refractivity (Wildman–Crippen MR) is 96.0 cm³/mol. The van der Waals surface area contributed by atoms with Crippen LogP contribution in [0.3, 0.4) is 0 Å². The molecule has 112 valence electrons. The minimum Gasteiger partial charge on any atom is -0.253 e. The molecule has 22 heavy (non-hydrogen) atoms. The summed E-state index contributed by atoms with van der Waals surface area (Å²) in [6, 6.07) is 16.6. The molecule has 0 spiro atoms. The van der Waals surface area contributed by atoms with E-state index in [0.29, 0.717) is 0 Å². The van der Waals surface area contributed by atoms with Crippen LogP contribution in [0.1, 0.15) is 31.9 Å². The highest BCUT2D eigenvalue weighted by Gasteiger charge is 2.12. The number of hydrogen-bond acceptors (Lipinski definition) is 4. The first-order valence-corrected chi connectivity index (χ1v) is 8.09. The van der Waals surface area contributed by atoms with E-state index >= 15 is 0 Å². The van der Waals surface area contributed by atoms with Gasteiger partial charge in [0.25, 0.3) is 0 Å². The van der Waals surface area contributed by atoms with E-state index in [-0.39, 0.29) is 5.41 Å². The minimum absolute atomic E-state index is 0.176. The van der Waals surface area contributed by atoms with E-state index in [1.807, 2.05) is 24.4 Å². The molecule has 3 aromatic rings. The summed E-state index contributed by atoms with van der Waals surface area (Å²) in [6.07, 6.45) is 1.82. The summed E-state index contributed by atoms with van der Waals surface area (Å²) in [5.41, 5.74) is 6.57. The fourth-order valence-corrected chi connectivity index (χ4v) is 2.97. The van der Waals surface area contributed by atoms with Gasteiger partial charge >= 0.3 is 0 Å². The number of nitrogens with zero attached hydrogens (tertiary/aromatic N) is 2. The monoisotopic (exact) mass is 309 g/mol. The maximum Gasteiger partial charge on any atom is 0.204 e. The van der Waals surface area contributed by atoms with Gasteiger partial charge in [-0.2, -0.15) is 5.10 Å². The summed E-state index contributed by atoms with van der Waals surface area (Å²) < 4.78 is 1.16. The second kappa shape index (κ2) is 5.89. The Morgan fingerprint density at radius 2 is 1.77 bits per heavy atom. The predicted octanol–water partition coefficient (Wildman–Crippen LogP) is 5.04. The van der Waals surface area contributed by atoms with Crippen molar-refractivity contribution in [3.05, 3.63) is 59.7 Å². The summed E-state index contributed by atoms with van der Waals surface area (Å²) in [5.74, 6) is 0. The molecule has 1 N–H and O–H groups in total. The molecule has 2 aromatic carbocycles. The van der Waals surface area contributed by atoms with Crippen molar-refractivity contribution in [1.29, 1.82) is 0 Å². The van der Waals surface area contributed by atoms with Crippen molar-refractivity contribution in [1.82, 2.24) is 4.98 Å². The van der Waals surface area contributed by atoms with Gasteiger partial charge in [0, 0.05) is 0 Å². The summed E-state index contributed by atoms with van der Waals surface area (Å²) in [6.45, 7) is 6.64. The minimum atomic E-state index is 0.176. The number of anilines is 1. The zero-order valence-electron chi connectivity index (χ0n) is 13.0. The smallest absolute Gasteiger partial charge is 0.204 e. The first-order chi connectivity index (χ1) is 10.5. The van der Waals surface area contributed by atoms with Gasteiger partial charge in [0.05, 0.1) is 16.4 Å². The molecular formula is C18H19N3S. The lowest BCUT2D eigenvalue weighted by Gasteiger charge is -2.18. The maximum absolute atomic E-state index is 4.48. The van der Waals surface area contributed by atoms with E-state index in [1.54, 1.807) is 11.3 Å². The molecule has 0 aliphatic carbocycles. The zero-order valence-corrected chi connectivity index (χ0v) is 13.8. The molecule has 1 heterocycles. The SMILES string of the molecule is CC(C)(C)c1ccc(C=NNc2nc3ccccc3s2)cc1. The van der Waals surface area contributed by atoms with Crippen LogP contribution in [0.4, 0.5) is 5.13 Å². The molecule has 0 saturated heterocycles. The topological polar surface area (TPSA) is 37.3 Å². The molecular weight excluding hydrogens is 290 g/mol. The van der Waals surface area contributed by atoms with E-state index in [0.717, 1.165) is 20.9 Å². The Hall–Kier alpha value is -2.20. The highest BCUT2D eigenvalue weighted by atomic mass is 32.1. The molecule has 0 radical (unpaired) electrons.